The van der Waals surface area contributed by atoms with Gasteiger partial charge in [-0.2, -0.15) is 5.10 Å². The molecule has 0 aliphatic carbocycles. The van der Waals surface area contributed by atoms with E-state index in [1.807, 2.05) is 0 Å². The second-order valence-electron chi connectivity index (χ2n) is 6.57. The number of rotatable bonds is 8. The molecule has 0 spiro atoms. The van der Waals surface area contributed by atoms with E-state index >= 15 is 0 Å². The summed E-state index contributed by atoms with van der Waals surface area (Å²) >= 11 is 9.08. The lowest BCUT2D eigenvalue weighted by Gasteiger charge is -2.11. The molecule has 0 saturated heterocycles. The van der Waals surface area contributed by atoms with Gasteiger partial charge in [-0.25, -0.2) is 5.43 Å². The minimum atomic E-state index is -0.447. The Hall–Kier alpha value is -2.51. The zero-order valence-corrected chi connectivity index (χ0v) is 22.4. The lowest BCUT2D eigenvalue weighted by atomic mass is 10.2. The van der Waals surface area contributed by atoms with Gasteiger partial charge in [0.05, 0.1) is 30.8 Å². The number of nitro groups is 1. The predicted octanol–water partition coefficient (Wildman–Crippen LogP) is 6.08. The molecule has 0 aliphatic heterocycles. The highest BCUT2D eigenvalue weighted by Gasteiger charge is 2.11. The van der Waals surface area contributed by atoms with E-state index in [4.69, 9.17) is 9.47 Å². The van der Waals surface area contributed by atoms with Gasteiger partial charge in [0.2, 0.25) is 0 Å². The van der Waals surface area contributed by atoms with Gasteiger partial charge in [0.25, 0.3) is 11.6 Å². The van der Waals surface area contributed by atoms with Crippen molar-refractivity contribution < 1.29 is 19.2 Å². The maximum absolute atomic E-state index is 12.3. The highest BCUT2D eigenvalue weighted by molar-refractivity contribution is 14.1. The molecular formula is C22H16Br2IN3O5. The van der Waals surface area contributed by atoms with E-state index in [2.05, 4.69) is 65.0 Å². The molecule has 11 heteroatoms. The van der Waals surface area contributed by atoms with Crippen LogP contribution in [0.15, 0.2) is 68.6 Å². The third-order valence-corrected chi connectivity index (χ3v) is 6.41. The monoisotopic (exact) mass is 687 g/mol. The molecule has 0 radical (unpaired) electrons. The first-order valence-electron chi connectivity index (χ1n) is 9.30. The number of nitrogens with one attached hydrogen (secondary N) is 1. The number of halogens is 3. The lowest BCUT2D eigenvalue weighted by molar-refractivity contribution is -0.384. The largest absolute Gasteiger partial charge is 0.496 e. The molecule has 0 fully saturated rings. The van der Waals surface area contributed by atoms with Crippen molar-refractivity contribution in [1.29, 1.82) is 0 Å². The molecule has 1 amide bonds. The van der Waals surface area contributed by atoms with Crippen LogP contribution in [0, 0.1) is 13.7 Å². The molecule has 33 heavy (non-hydrogen) atoms. The normalized spacial score (nSPS) is 10.8. The molecule has 0 saturated carbocycles. The molecule has 3 aromatic carbocycles. The number of benzene rings is 3. The topological polar surface area (TPSA) is 103 Å². The number of nitrogens with zero attached hydrogens (tertiary/aromatic N) is 2. The summed E-state index contributed by atoms with van der Waals surface area (Å²) in [5.41, 5.74) is 4.46. The molecule has 1 N–H and O–H groups in total. The van der Waals surface area contributed by atoms with E-state index in [9.17, 15) is 14.9 Å². The van der Waals surface area contributed by atoms with Gasteiger partial charge in [-0.3, -0.25) is 14.9 Å². The van der Waals surface area contributed by atoms with Crippen LogP contribution in [0.2, 0.25) is 0 Å². The number of carbonyl (C=O) groups is 1. The van der Waals surface area contributed by atoms with Gasteiger partial charge in [-0.05, 0) is 108 Å². The SMILES string of the molecule is COc1cc(C(=O)N/N=C\c2cc(Br)c(OCc3ccc([N+](=O)[O-])cc3)c(Br)c2)ccc1I. The highest BCUT2D eigenvalue weighted by atomic mass is 127. The van der Waals surface area contributed by atoms with Crippen LogP contribution in [0.5, 0.6) is 11.5 Å². The van der Waals surface area contributed by atoms with Crippen LogP contribution < -0.4 is 14.9 Å². The number of nitro benzene ring substituents is 1. The van der Waals surface area contributed by atoms with Crippen LogP contribution in [0.4, 0.5) is 5.69 Å². The summed E-state index contributed by atoms with van der Waals surface area (Å²) in [5, 5.41) is 14.8. The number of hydrogen-bond acceptors (Lipinski definition) is 6. The molecule has 0 aromatic heterocycles. The molecule has 3 rings (SSSR count). The van der Waals surface area contributed by atoms with Crippen molar-refractivity contribution in [2.24, 2.45) is 5.10 Å². The highest BCUT2D eigenvalue weighted by Crippen LogP contribution is 2.35. The number of non-ortho nitro benzene ring substituents is 1. The van der Waals surface area contributed by atoms with Crippen molar-refractivity contribution in [3.8, 4) is 11.5 Å². The average Bonchev–Trinajstić information content (AvgIpc) is 2.79. The Labute approximate surface area is 219 Å². The molecule has 3 aromatic rings. The van der Waals surface area contributed by atoms with Crippen molar-refractivity contribution in [1.82, 2.24) is 5.43 Å². The zero-order chi connectivity index (χ0) is 24.0. The van der Waals surface area contributed by atoms with E-state index in [0.29, 0.717) is 26.0 Å². The Kier molecular flexibility index (Phi) is 8.80. The van der Waals surface area contributed by atoms with Crippen molar-refractivity contribution in [3.63, 3.8) is 0 Å². The molecular weight excluding hydrogens is 673 g/mol. The number of hydrogen-bond donors (Lipinski definition) is 1. The molecule has 170 valence electrons. The van der Waals surface area contributed by atoms with Gasteiger partial charge < -0.3 is 9.47 Å². The fourth-order valence-electron chi connectivity index (χ4n) is 2.69. The fourth-order valence-corrected chi connectivity index (χ4v) is 4.70. The maximum Gasteiger partial charge on any atom is 0.271 e. The predicted molar refractivity (Wildman–Crippen MR) is 140 cm³/mol. The first-order valence-corrected chi connectivity index (χ1v) is 12.0. The molecule has 0 bridgehead atoms. The minimum absolute atomic E-state index is 0.0259. The Bertz CT molecular complexity index is 1200. The van der Waals surface area contributed by atoms with E-state index in [1.165, 1.54) is 18.3 Å². The lowest BCUT2D eigenvalue weighted by Crippen LogP contribution is -2.17. The van der Waals surface area contributed by atoms with Gasteiger partial charge >= 0.3 is 0 Å². The molecule has 0 heterocycles. The van der Waals surface area contributed by atoms with Crippen LogP contribution in [-0.2, 0) is 6.61 Å². The summed E-state index contributed by atoms with van der Waals surface area (Å²) in [6.45, 7) is 0.234. The van der Waals surface area contributed by atoms with Crippen molar-refractivity contribution in [2.75, 3.05) is 7.11 Å². The Morgan fingerprint density at radius 2 is 1.82 bits per heavy atom. The first-order chi connectivity index (χ1) is 15.8. The minimum Gasteiger partial charge on any atom is -0.496 e. The van der Waals surface area contributed by atoms with Gasteiger partial charge in [0.1, 0.15) is 18.1 Å². The van der Waals surface area contributed by atoms with Crippen molar-refractivity contribution in [2.45, 2.75) is 6.61 Å². The molecule has 8 nitrogen and oxygen atoms in total. The summed E-state index contributed by atoms with van der Waals surface area (Å²) in [7, 11) is 1.55. The van der Waals surface area contributed by atoms with E-state index in [0.717, 1.165) is 14.7 Å². The van der Waals surface area contributed by atoms with Crippen LogP contribution in [0.1, 0.15) is 21.5 Å². The summed E-state index contributed by atoms with van der Waals surface area (Å²) in [5.74, 6) is 0.826. The van der Waals surface area contributed by atoms with E-state index in [-0.39, 0.29) is 18.2 Å². The van der Waals surface area contributed by atoms with Gasteiger partial charge in [0, 0.05) is 17.7 Å². The number of amides is 1. The maximum atomic E-state index is 12.3. The van der Waals surface area contributed by atoms with Crippen LogP contribution >= 0.6 is 54.5 Å². The number of ether oxygens (including phenoxy) is 2. The smallest absolute Gasteiger partial charge is 0.271 e. The quantitative estimate of drug-likeness (QED) is 0.134. The molecule has 0 unspecified atom stereocenters. The molecule has 0 atom stereocenters. The second kappa shape index (κ2) is 11.6. The zero-order valence-electron chi connectivity index (χ0n) is 17.1. The third kappa shape index (κ3) is 6.74. The van der Waals surface area contributed by atoms with E-state index < -0.39 is 4.92 Å². The summed E-state index contributed by atoms with van der Waals surface area (Å²) in [6.07, 6.45) is 1.51. The van der Waals surface area contributed by atoms with Crippen LogP contribution in [-0.4, -0.2) is 24.2 Å². The van der Waals surface area contributed by atoms with Crippen LogP contribution in [0.25, 0.3) is 0 Å². The Morgan fingerprint density at radius 1 is 1.15 bits per heavy atom. The summed E-state index contributed by atoms with van der Waals surface area (Å²) in [4.78, 5) is 22.6. The Balaban J connectivity index is 1.63. The Morgan fingerprint density at radius 3 is 2.42 bits per heavy atom. The van der Waals surface area contributed by atoms with Crippen molar-refractivity contribution in [3.05, 3.63) is 93.9 Å². The number of hydrazone groups is 1. The van der Waals surface area contributed by atoms with Gasteiger partial charge in [0.15, 0.2) is 0 Å². The fraction of sp³-hybridized carbons (Fsp3) is 0.0909. The molecule has 0 aliphatic rings. The summed E-state index contributed by atoms with van der Waals surface area (Å²) < 4.78 is 13.3. The van der Waals surface area contributed by atoms with Gasteiger partial charge in [-0.15, -0.1) is 0 Å². The first kappa shape index (κ1) is 25.1. The summed E-state index contributed by atoms with van der Waals surface area (Å²) in [6, 6.07) is 14.9. The average molecular weight is 689 g/mol. The third-order valence-electron chi connectivity index (χ3n) is 4.34. The van der Waals surface area contributed by atoms with E-state index in [1.54, 1.807) is 49.6 Å². The van der Waals surface area contributed by atoms with Crippen molar-refractivity contribution >= 4 is 72.3 Å². The number of methoxy groups -OCH3 is 1. The number of carbonyl (C=O) groups excluding carboxylic acids is 1. The second-order valence-corrected chi connectivity index (χ2v) is 9.45. The standard InChI is InChI=1S/C22H16Br2IN3O5/c1-32-20-10-15(4-7-19(20)25)22(29)27-26-11-14-8-17(23)21(18(24)9-14)33-12-13-2-5-16(6-3-13)28(30)31/h2-11H,12H2,1H3,(H,27,29)/b26-11-. The van der Waals surface area contributed by atoms with Gasteiger partial charge in [-0.1, -0.05) is 0 Å². The van der Waals surface area contributed by atoms with Crippen LogP contribution in [0.3, 0.4) is 0 Å².